The molecule has 0 unspecified atom stereocenters. The maximum atomic E-state index is 11.7. The lowest BCUT2D eigenvalue weighted by atomic mass is 10.3. The highest BCUT2D eigenvalue weighted by atomic mass is 35.5. The summed E-state index contributed by atoms with van der Waals surface area (Å²) in [7, 11) is 0. The summed E-state index contributed by atoms with van der Waals surface area (Å²) < 4.78 is 11.7. The number of benzene rings is 1. The molecule has 0 aliphatic carbocycles. The van der Waals surface area contributed by atoms with Crippen molar-refractivity contribution in [2.45, 2.75) is 0 Å². The van der Waals surface area contributed by atoms with Crippen molar-refractivity contribution in [3.05, 3.63) is 29.3 Å². The molecule has 1 nitrogen and oxygen atoms in total. The zero-order chi connectivity index (χ0) is 8.10. The quantitative estimate of drug-likeness (QED) is 0.741. The van der Waals surface area contributed by atoms with E-state index in [0.717, 1.165) is 5.69 Å². The fraction of sp³-hybridized carbons (Fsp3) is 0.250. The van der Waals surface area contributed by atoms with Gasteiger partial charge in [0, 0.05) is 17.3 Å². The Kier molecular flexibility index (Phi) is 3.17. The van der Waals surface area contributed by atoms with Gasteiger partial charge in [-0.2, -0.15) is 0 Å². The summed E-state index contributed by atoms with van der Waals surface area (Å²) in [6.07, 6.45) is 0. The molecule has 11 heavy (non-hydrogen) atoms. The van der Waals surface area contributed by atoms with Gasteiger partial charge in [-0.05, 0) is 18.2 Å². The first-order valence-electron chi connectivity index (χ1n) is 3.38. The highest BCUT2D eigenvalue weighted by Crippen LogP contribution is 2.14. The largest absolute Gasteiger partial charge is 0.382 e. The molecule has 3 heteroatoms. The third-order valence-electron chi connectivity index (χ3n) is 1.25. The molecule has 0 saturated carbocycles. The Hall–Kier alpha value is -0.760. The van der Waals surface area contributed by atoms with Crippen LogP contribution in [0.2, 0.25) is 5.02 Å². The molecule has 0 bridgehead atoms. The summed E-state index contributed by atoms with van der Waals surface area (Å²) in [5.74, 6) is 0. The zero-order valence-corrected chi connectivity index (χ0v) is 6.74. The fourth-order valence-electron chi connectivity index (χ4n) is 0.790. The van der Waals surface area contributed by atoms with Crippen LogP contribution in [0.25, 0.3) is 0 Å². The van der Waals surface area contributed by atoms with Crippen molar-refractivity contribution >= 4 is 17.3 Å². The number of hydrogen-bond acceptors (Lipinski definition) is 1. The Morgan fingerprint density at radius 1 is 1.45 bits per heavy atom. The van der Waals surface area contributed by atoms with E-state index in [1.165, 1.54) is 0 Å². The van der Waals surface area contributed by atoms with Crippen LogP contribution in [0.15, 0.2) is 24.3 Å². The second-order valence-corrected chi connectivity index (χ2v) is 2.56. The highest BCUT2D eigenvalue weighted by Gasteiger charge is 1.90. The lowest BCUT2D eigenvalue weighted by Crippen LogP contribution is -2.02. The number of anilines is 1. The zero-order valence-electron chi connectivity index (χ0n) is 5.98. The third kappa shape index (κ3) is 2.76. The molecule has 0 aromatic heterocycles. The van der Waals surface area contributed by atoms with Gasteiger partial charge in [0.05, 0.1) is 0 Å². The van der Waals surface area contributed by atoms with Gasteiger partial charge in [-0.15, -0.1) is 0 Å². The summed E-state index contributed by atoms with van der Waals surface area (Å²) in [6.45, 7) is -0.0349. The monoisotopic (exact) mass is 173 g/mol. The molecule has 0 heterocycles. The molecule has 0 fully saturated rings. The molecule has 1 rings (SSSR count). The average molecular weight is 174 g/mol. The van der Waals surface area contributed by atoms with E-state index in [9.17, 15) is 4.39 Å². The van der Waals surface area contributed by atoms with Crippen LogP contribution in [0.5, 0.6) is 0 Å². The first-order valence-corrected chi connectivity index (χ1v) is 3.76. The molecule has 0 radical (unpaired) electrons. The van der Waals surface area contributed by atoms with Crippen molar-refractivity contribution in [3.8, 4) is 0 Å². The van der Waals surface area contributed by atoms with Gasteiger partial charge < -0.3 is 5.32 Å². The van der Waals surface area contributed by atoms with Gasteiger partial charge in [-0.3, -0.25) is 0 Å². The van der Waals surface area contributed by atoms with Crippen molar-refractivity contribution in [2.75, 3.05) is 18.5 Å². The van der Waals surface area contributed by atoms with Crippen LogP contribution in [0.3, 0.4) is 0 Å². The Balaban J connectivity index is 2.56. The smallest absolute Gasteiger partial charge is 0.107 e. The van der Waals surface area contributed by atoms with Crippen LogP contribution >= 0.6 is 11.6 Å². The number of nitrogens with one attached hydrogen (secondary N) is 1. The van der Waals surface area contributed by atoms with E-state index >= 15 is 0 Å². The van der Waals surface area contributed by atoms with E-state index in [1.807, 2.05) is 12.1 Å². The summed E-state index contributed by atoms with van der Waals surface area (Å²) in [5, 5.41) is 3.54. The maximum Gasteiger partial charge on any atom is 0.107 e. The Morgan fingerprint density at radius 2 is 2.27 bits per heavy atom. The molecular weight excluding hydrogens is 165 g/mol. The van der Waals surface area contributed by atoms with E-state index in [-0.39, 0.29) is 6.67 Å². The van der Waals surface area contributed by atoms with Crippen molar-refractivity contribution in [1.82, 2.24) is 0 Å². The molecular formula is C8H9ClFN. The normalized spacial score (nSPS) is 9.64. The van der Waals surface area contributed by atoms with Crippen LogP contribution in [0, 0.1) is 0 Å². The summed E-state index contributed by atoms with van der Waals surface area (Å²) >= 11 is 5.69. The van der Waals surface area contributed by atoms with Crippen molar-refractivity contribution in [3.63, 3.8) is 0 Å². The van der Waals surface area contributed by atoms with Gasteiger partial charge in [-0.25, -0.2) is 4.39 Å². The lowest BCUT2D eigenvalue weighted by Gasteiger charge is -2.02. The predicted octanol–water partition coefficient (Wildman–Crippen LogP) is 2.72. The van der Waals surface area contributed by atoms with Crippen molar-refractivity contribution in [1.29, 1.82) is 0 Å². The number of rotatable bonds is 3. The van der Waals surface area contributed by atoms with Crippen LogP contribution in [-0.4, -0.2) is 13.2 Å². The van der Waals surface area contributed by atoms with Crippen LogP contribution < -0.4 is 5.32 Å². The molecule has 60 valence electrons. The molecule has 0 aliphatic rings. The number of alkyl halides is 1. The summed E-state index contributed by atoms with van der Waals surface area (Å²) in [4.78, 5) is 0. The number of hydrogen-bond donors (Lipinski definition) is 1. The van der Waals surface area contributed by atoms with Gasteiger partial charge in [0.2, 0.25) is 0 Å². The molecule has 0 saturated heterocycles. The van der Waals surface area contributed by atoms with Crippen molar-refractivity contribution in [2.24, 2.45) is 0 Å². The van der Waals surface area contributed by atoms with Crippen LogP contribution in [0.4, 0.5) is 10.1 Å². The molecule has 0 aliphatic heterocycles. The fourth-order valence-corrected chi connectivity index (χ4v) is 0.980. The molecule has 1 aromatic carbocycles. The van der Waals surface area contributed by atoms with E-state index in [2.05, 4.69) is 5.32 Å². The van der Waals surface area contributed by atoms with E-state index in [1.54, 1.807) is 12.1 Å². The first-order chi connectivity index (χ1) is 5.33. The lowest BCUT2D eigenvalue weighted by molar-refractivity contribution is 0.513. The van der Waals surface area contributed by atoms with Crippen LogP contribution in [-0.2, 0) is 0 Å². The topological polar surface area (TPSA) is 12.0 Å². The Bertz CT molecular complexity index is 227. The second kappa shape index (κ2) is 4.19. The number of halogens is 2. The second-order valence-electron chi connectivity index (χ2n) is 2.13. The van der Waals surface area contributed by atoms with Crippen LogP contribution in [0.1, 0.15) is 0 Å². The minimum absolute atomic E-state index is 0.334. The van der Waals surface area contributed by atoms with Gasteiger partial charge in [0.25, 0.3) is 0 Å². The van der Waals surface area contributed by atoms with E-state index in [0.29, 0.717) is 11.6 Å². The summed E-state index contributed by atoms with van der Waals surface area (Å²) in [5.41, 5.74) is 0.857. The molecule has 1 aromatic rings. The maximum absolute atomic E-state index is 11.7. The predicted molar refractivity (Wildman–Crippen MR) is 45.9 cm³/mol. The first kappa shape index (κ1) is 8.34. The SMILES string of the molecule is FCCNc1cccc(Cl)c1. The molecule has 1 N–H and O–H groups in total. The van der Waals surface area contributed by atoms with Gasteiger partial charge in [0.1, 0.15) is 6.67 Å². The Labute approximate surface area is 70.2 Å². The van der Waals surface area contributed by atoms with Gasteiger partial charge >= 0.3 is 0 Å². The minimum atomic E-state index is -0.369. The van der Waals surface area contributed by atoms with Gasteiger partial charge in [-0.1, -0.05) is 17.7 Å². The van der Waals surface area contributed by atoms with Gasteiger partial charge in [0.15, 0.2) is 0 Å². The molecule has 0 amide bonds. The minimum Gasteiger partial charge on any atom is -0.382 e. The van der Waals surface area contributed by atoms with E-state index in [4.69, 9.17) is 11.6 Å². The standard InChI is InChI=1S/C8H9ClFN/c9-7-2-1-3-8(6-7)11-5-4-10/h1-3,6,11H,4-5H2. The average Bonchev–Trinajstić information content (AvgIpc) is 2.01. The molecule has 0 spiro atoms. The Morgan fingerprint density at radius 3 is 2.91 bits per heavy atom. The van der Waals surface area contributed by atoms with Crippen molar-refractivity contribution < 1.29 is 4.39 Å². The summed E-state index contributed by atoms with van der Waals surface area (Å²) in [6, 6.07) is 7.21. The highest BCUT2D eigenvalue weighted by molar-refractivity contribution is 6.30. The van der Waals surface area contributed by atoms with E-state index < -0.39 is 0 Å². The third-order valence-corrected chi connectivity index (χ3v) is 1.48. The molecule has 0 atom stereocenters.